The second-order valence-electron chi connectivity index (χ2n) is 4.69. The molecule has 106 valence electrons. The molecule has 2 aromatic carbocycles. The van der Waals surface area contributed by atoms with Crippen LogP contribution in [-0.4, -0.2) is 16.1 Å². The molecule has 0 fully saturated rings. The highest BCUT2D eigenvalue weighted by molar-refractivity contribution is 7.07. The lowest BCUT2D eigenvalue weighted by atomic mass is 10.0. The summed E-state index contributed by atoms with van der Waals surface area (Å²) >= 11 is 1.44. The van der Waals surface area contributed by atoms with Crippen molar-refractivity contribution >= 4 is 28.1 Å². The molecule has 0 aliphatic heterocycles. The van der Waals surface area contributed by atoms with Crippen molar-refractivity contribution < 1.29 is 14.6 Å². The zero-order valence-corrected chi connectivity index (χ0v) is 12.2. The van der Waals surface area contributed by atoms with Gasteiger partial charge in [-0.25, -0.2) is 9.78 Å². The largest absolute Gasteiger partial charge is 0.506 e. The minimum absolute atomic E-state index is 0.0422. The van der Waals surface area contributed by atoms with Gasteiger partial charge >= 0.3 is 5.97 Å². The van der Waals surface area contributed by atoms with Crippen molar-refractivity contribution in [1.29, 1.82) is 0 Å². The number of rotatable bonds is 3. The lowest BCUT2D eigenvalue weighted by Crippen LogP contribution is -2.06. The standard InChI is InChI=1S/C16H13NO3S/c1-10-6-14(15(18)13-5-3-2-4-12(10)13)16(19)20-7-11-8-21-9-17-11/h2-6,8-9,18H,7H2,1H3. The number of carbonyl (C=O) groups excluding carboxylic acids is 1. The fourth-order valence-corrected chi connectivity index (χ4v) is 2.77. The molecule has 3 rings (SSSR count). The highest BCUT2D eigenvalue weighted by atomic mass is 32.1. The minimum atomic E-state index is -0.547. The molecule has 0 unspecified atom stereocenters. The summed E-state index contributed by atoms with van der Waals surface area (Å²) in [7, 11) is 0. The van der Waals surface area contributed by atoms with Gasteiger partial charge in [0.2, 0.25) is 0 Å². The maximum Gasteiger partial charge on any atom is 0.342 e. The third-order valence-electron chi connectivity index (χ3n) is 3.28. The number of ether oxygens (including phenoxy) is 1. The summed E-state index contributed by atoms with van der Waals surface area (Å²) in [6, 6.07) is 9.07. The molecular weight excluding hydrogens is 286 g/mol. The van der Waals surface area contributed by atoms with E-state index in [1.165, 1.54) is 11.3 Å². The molecule has 0 aliphatic rings. The van der Waals surface area contributed by atoms with Gasteiger partial charge in [0, 0.05) is 10.8 Å². The Morgan fingerprint density at radius 2 is 2.10 bits per heavy atom. The fraction of sp³-hybridized carbons (Fsp3) is 0.125. The summed E-state index contributed by atoms with van der Waals surface area (Å²) < 4.78 is 5.20. The third kappa shape index (κ3) is 2.60. The predicted molar refractivity (Wildman–Crippen MR) is 81.6 cm³/mol. The van der Waals surface area contributed by atoms with E-state index in [0.717, 1.165) is 10.9 Å². The summed E-state index contributed by atoms with van der Waals surface area (Å²) in [6.07, 6.45) is 0. The van der Waals surface area contributed by atoms with Crippen LogP contribution in [0.3, 0.4) is 0 Å². The van der Waals surface area contributed by atoms with Crippen LogP contribution in [0, 0.1) is 6.92 Å². The van der Waals surface area contributed by atoms with E-state index < -0.39 is 5.97 Å². The van der Waals surface area contributed by atoms with E-state index in [2.05, 4.69) is 4.98 Å². The number of aryl methyl sites for hydroxylation is 1. The van der Waals surface area contributed by atoms with E-state index in [4.69, 9.17) is 4.74 Å². The van der Waals surface area contributed by atoms with Gasteiger partial charge in [-0.1, -0.05) is 24.3 Å². The van der Waals surface area contributed by atoms with Crippen LogP contribution in [0.5, 0.6) is 5.75 Å². The molecule has 1 aromatic heterocycles. The van der Waals surface area contributed by atoms with Gasteiger partial charge in [-0.3, -0.25) is 0 Å². The SMILES string of the molecule is Cc1cc(C(=O)OCc2cscn2)c(O)c2ccccc12. The molecule has 0 saturated carbocycles. The number of fused-ring (bicyclic) bond motifs is 1. The lowest BCUT2D eigenvalue weighted by Gasteiger charge is -2.10. The number of hydrogen-bond acceptors (Lipinski definition) is 5. The molecule has 4 nitrogen and oxygen atoms in total. The van der Waals surface area contributed by atoms with Crippen molar-refractivity contribution in [3.05, 3.63) is 58.0 Å². The number of benzene rings is 2. The van der Waals surface area contributed by atoms with E-state index >= 15 is 0 Å². The number of aromatic hydroxyl groups is 1. The Morgan fingerprint density at radius 3 is 2.81 bits per heavy atom. The highest BCUT2D eigenvalue weighted by Crippen LogP contribution is 2.31. The molecular formula is C16H13NO3S. The van der Waals surface area contributed by atoms with Crippen LogP contribution in [0.4, 0.5) is 0 Å². The molecule has 21 heavy (non-hydrogen) atoms. The molecule has 5 heteroatoms. The number of nitrogens with zero attached hydrogens (tertiary/aromatic N) is 1. The van der Waals surface area contributed by atoms with Gasteiger partial charge in [0.05, 0.1) is 11.2 Å². The number of phenols is 1. The lowest BCUT2D eigenvalue weighted by molar-refractivity contribution is 0.0465. The van der Waals surface area contributed by atoms with Crippen LogP contribution in [-0.2, 0) is 11.3 Å². The number of aromatic nitrogens is 1. The molecule has 0 radical (unpaired) electrons. The molecule has 0 atom stereocenters. The van der Waals surface area contributed by atoms with Gasteiger partial charge in [-0.2, -0.15) is 0 Å². The molecule has 0 spiro atoms. The summed E-state index contributed by atoms with van der Waals surface area (Å²) in [5.74, 6) is -0.589. The quantitative estimate of drug-likeness (QED) is 0.750. The average molecular weight is 299 g/mol. The van der Waals surface area contributed by atoms with Crippen molar-refractivity contribution in [1.82, 2.24) is 4.98 Å². The normalized spacial score (nSPS) is 10.7. The molecule has 0 aliphatic carbocycles. The number of esters is 1. The van der Waals surface area contributed by atoms with E-state index in [0.29, 0.717) is 11.1 Å². The van der Waals surface area contributed by atoms with Crippen LogP contribution in [0.15, 0.2) is 41.2 Å². The second-order valence-corrected chi connectivity index (χ2v) is 5.41. The van der Waals surface area contributed by atoms with E-state index in [1.807, 2.05) is 30.5 Å². The van der Waals surface area contributed by atoms with Crippen molar-refractivity contribution in [2.24, 2.45) is 0 Å². The number of phenolic OH excluding ortho intramolecular Hbond substituents is 1. The van der Waals surface area contributed by atoms with Crippen LogP contribution >= 0.6 is 11.3 Å². The van der Waals surface area contributed by atoms with Gasteiger partial charge in [0.1, 0.15) is 17.9 Å². The Morgan fingerprint density at radius 1 is 1.33 bits per heavy atom. The molecule has 3 aromatic rings. The Bertz CT molecular complexity index is 797. The average Bonchev–Trinajstić information content (AvgIpc) is 3.02. The van der Waals surface area contributed by atoms with E-state index in [-0.39, 0.29) is 17.9 Å². The van der Waals surface area contributed by atoms with Crippen LogP contribution < -0.4 is 0 Å². The summed E-state index contributed by atoms with van der Waals surface area (Å²) in [5, 5.41) is 13.7. The summed E-state index contributed by atoms with van der Waals surface area (Å²) in [4.78, 5) is 16.2. The van der Waals surface area contributed by atoms with Gasteiger partial charge in [0.25, 0.3) is 0 Å². The first-order chi connectivity index (χ1) is 10.2. The number of carbonyl (C=O) groups is 1. The fourth-order valence-electron chi connectivity index (χ4n) is 2.22. The van der Waals surface area contributed by atoms with E-state index in [1.54, 1.807) is 17.6 Å². The van der Waals surface area contributed by atoms with Crippen molar-refractivity contribution in [3.8, 4) is 5.75 Å². The maximum absolute atomic E-state index is 12.2. The van der Waals surface area contributed by atoms with Crippen molar-refractivity contribution in [2.45, 2.75) is 13.5 Å². The maximum atomic E-state index is 12.2. The van der Waals surface area contributed by atoms with E-state index in [9.17, 15) is 9.90 Å². The predicted octanol–water partition coefficient (Wildman–Crippen LogP) is 3.67. The molecule has 0 saturated heterocycles. The second kappa shape index (κ2) is 5.54. The van der Waals surface area contributed by atoms with Gasteiger partial charge in [-0.05, 0) is 23.9 Å². The highest BCUT2D eigenvalue weighted by Gasteiger charge is 2.17. The summed E-state index contributed by atoms with van der Waals surface area (Å²) in [5.41, 5.74) is 3.48. The number of hydrogen-bond donors (Lipinski definition) is 1. The molecule has 0 amide bonds. The molecule has 1 heterocycles. The first-order valence-corrected chi connectivity index (χ1v) is 7.36. The Hall–Kier alpha value is -2.40. The molecule has 1 N–H and O–H groups in total. The van der Waals surface area contributed by atoms with Crippen LogP contribution in [0.25, 0.3) is 10.8 Å². The first-order valence-electron chi connectivity index (χ1n) is 6.42. The van der Waals surface area contributed by atoms with Crippen molar-refractivity contribution in [3.63, 3.8) is 0 Å². The summed E-state index contributed by atoms with van der Waals surface area (Å²) in [6.45, 7) is 2.01. The zero-order chi connectivity index (χ0) is 14.8. The zero-order valence-electron chi connectivity index (χ0n) is 11.4. The Kier molecular flexibility index (Phi) is 3.58. The monoisotopic (exact) mass is 299 g/mol. The Balaban J connectivity index is 1.92. The van der Waals surface area contributed by atoms with Crippen LogP contribution in [0.1, 0.15) is 21.6 Å². The van der Waals surface area contributed by atoms with Gasteiger partial charge < -0.3 is 9.84 Å². The van der Waals surface area contributed by atoms with Gasteiger partial charge in [0.15, 0.2) is 0 Å². The van der Waals surface area contributed by atoms with Crippen molar-refractivity contribution in [2.75, 3.05) is 0 Å². The van der Waals surface area contributed by atoms with Crippen LogP contribution in [0.2, 0.25) is 0 Å². The first kappa shape index (κ1) is 13.6. The number of thiazole rings is 1. The topological polar surface area (TPSA) is 59.4 Å². The Labute approximate surface area is 125 Å². The van der Waals surface area contributed by atoms with Gasteiger partial charge in [-0.15, -0.1) is 11.3 Å². The third-order valence-corrected chi connectivity index (χ3v) is 3.91. The smallest absolute Gasteiger partial charge is 0.342 e. The molecule has 0 bridgehead atoms. The minimum Gasteiger partial charge on any atom is -0.506 e.